The standard InChI is InChI=1S/C26H21N3O4/c30-24(17-21-13-7-8-14-23(21)29(31)32)28-22-15-16-25(27-18-22)33-26(19-9-3-1-4-10-19)20-11-5-2-6-12-20/h1-16,18,26H,17H2,(H,28,30). The summed E-state index contributed by atoms with van der Waals surface area (Å²) in [6.45, 7) is 0. The Kier molecular flexibility index (Phi) is 6.70. The highest BCUT2D eigenvalue weighted by atomic mass is 16.6. The van der Waals surface area contributed by atoms with Gasteiger partial charge in [0.15, 0.2) is 6.10 Å². The van der Waals surface area contributed by atoms with Crippen molar-refractivity contribution in [2.24, 2.45) is 0 Å². The van der Waals surface area contributed by atoms with Crippen LogP contribution in [0.25, 0.3) is 0 Å². The number of nitrogens with zero attached hydrogens (tertiary/aromatic N) is 2. The van der Waals surface area contributed by atoms with E-state index in [1.807, 2.05) is 60.7 Å². The maximum Gasteiger partial charge on any atom is 0.273 e. The molecule has 0 saturated carbocycles. The van der Waals surface area contributed by atoms with E-state index in [1.54, 1.807) is 30.3 Å². The maximum absolute atomic E-state index is 12.4. The number of anilines is 1. The van der Waals surface area contributed by atoms with Crippen molar-refractivity contribution >= 4 is 17.3 Å². The molecule has 33 heavy (non-hydrogen) atoms. The topological polar surface area (TPSA) is 94.4 Å². The number of hydrogen-bond donors (Lipinski definition) is 1. The molecule has 0 aliphatic carbocycles. The molecule has 0 aliphatic heterocycles. The zero-order valence-corrected chi connectivity index (χ0v) is 17.6. The van der Waals surface area contributed by atoms with Crippen molar-refractivity contribution in [2.75, 3.05) is 5.32 Å². The fourth-order valence-electron chi connectivity index (χ4n) is 3.45. The van der Waals surface area contributed by atoms with E-state index in [1.165, 1.54) is 12.3 Å². The van der Waals surface area contributed by atoms with Crippen molar-refractivity contribution in [2.45, 2.75) is 12.5 Å². The second kappa shape index (κ2) is 10.2. The van der Waals surface area contributed by atoms with Gasteiger partial charge in [-0.1, -0.05) is 78.9 Å². The number of nitro groups is 1. The number of para-hydroxylation sites is 1. The van der Waals surface area contributed by atoms with Crippen molar-refractivity contribution in [1.29, 1.82) is 0 Å². The fraction of sp³-hybridized carbons (Fsp3) is 0.0769. The summed E-state index contributed by atoms with van der Waals surface area (Å²) in [7, 11) is 0. The molecule has 3 aromatic carbocycles. The first kappa shape index (κ1) is 21.7. The molecular formula is C26H21N3O4. The number of ether oxygens (including phenoxy) is 1. The Morgan fingerprint density at radius 3 is 2.06 bits per heavy atom. The minimum absolute atomic E-state index is 0.0811. The van der Waals surface area contributed by atoms with Gasteiger partial charge in [0.2, 0.25) is 11.8 Å². The summed E-state index contributed by atoms with van der Waals surface area (Å²) in [4.78, 5) is 27.4. The van der Waals surface area contributed by atoms with Crippen LogP contribution in [0.15, 0.2) is 103 Å². The average molecular weight is 439 g/mol. The zero-order valence-electron chi connectivity index (χ0n) is 17.6. The molecule has 7 heteroatoms. The summed E-state index contributed by atoms with van der Waals surface area (Å²) in [5.41, 5.74) is 2.73. The van der Waals surface area contributed by atoms with Crippen LogP contribution in [0.1, 0.15) is 22.8 Å². The number of carbonyl (C=O) groups excluding carboxylic acids is 1. The van der Waals surface area contributed by atoms with E-state index < -0.39 is 4.92 Å². The Morgan fingerprint density at radius 2 is 1.48 bits per heavy atom. The number of pyridine rings is 1. The third kappa shape index (κ3) is 5.59. The molecule has 0 fully saturated rings. The lowest BCUT2D eigenvalue weighted by molar-refractivity contribution is -0.385. The maximum atomic E-state index is 12.4. The predicted octanol–water partition coefficient (Wildman–Crippen LogP) is 5.34. The highest BCUT2D eigenvalue weighted by molar-refractivity contribution is 5.92. The lowest BCUT2D eigenvalue weighted by atomic mass is 10.0. The molecule has 1 N–H and O–H groups in total. The van der Waals surface area contributed by atoms with Crippen LogP contribution in [0.3, 0.4) is 0 Å². The molecule has 1 amide bonds. The first-order valence-corrected chi connectivity index (χ1v) is 10.3. The largest absolute Gasteiger partial charge is 0.465 e. The summed E-state index contributed by atoms with van der Waals surface area (Å²) in [5.74, 6) is 0.0376. The van der Waals surface area contributed by atoms with E-state index in [-0.39, 0.29) is 24.1 Å². The molecule has 0 bridgehead atoms. The number of hydrogen-bond acceptors (Lipinski definition) is 5. The van der Waals surface area contributed by atoms with Crippen LogP contribution in [-0.2, 0) is 11.2 Å². The quantitative estimate of drug-likeness (QED) is 0.295. The van der Waals surface area contributed by atoms with Gasteiger partial charge in [0.05, 0.1) is 23.2 Å². The Labute approximate surface area is 190 Å². The molecule has 0 aliphatic rings. The van der Waals surface area contributed by atoms with Crippen LogP contribution in [0.2, 0.25) is 0 Å². The van der Waals surface area contributed by atoms with Crippen LogP contribution in [-0.4, -0.2) is 15.8 Å². The fourth-order valence-corrected chi connectivity index (χ4v) is 3.45. The lowest BCUT2D eigenvalue weighted by Gasteiger charge is -2.19. The summed E-state index contributed by atoms with van der Waals surface area (Å²) in [5, 5.41) is 13.9. The number of benzene rings is 3. The molecular weight excluding hydrogens is 418 g/mol. The van der Waals surface area contributed by atoms with E-state index in [9.17, 15) is 14.9 Å². The molecule has 0 radical (unpaired) electrons. The molecule has 0 spiro atoms. The molecule has 4 aromatic rings. The third-order valence-corrected chi connectivity index (χ3v) is 5.00. The van der Waals surface area contributed by atoms with Crippen LogP contribution in [0, 0.1) is 10.1 Å². The average Bonchev–Trinajstić information content (AvgIpc) is 2.85. The van der Waals surface area contributed by atoms with Gasteiger partial charge in [0.25, 0.3) is 5.69 Å². The highest BCUT2D eigenvalue weighted by Crippen LogP contribution is 2.28. The van der Waals surface area contributed by atoms with Gasteiger partial charge in [0, 0.05) is 17.7 Å². The molecule has 0 unspecified atom stereocenters. The molecule has 0 atom stereocenters. The first-order valence-electron chi connectivity index (χ1n) is 10.3. The predicted molar refractivity (Wildman–Crippen MR) is 125 cm³/mol. The Balaban J connectivity index is 1.45. The van der Waals surface area contributed by atoms with Gasteiger partial charge in [0.1, 0.15) is 0 Å². The second-order valence-electron chi connectivity index (χ2n) is 7.32. The number of nitrogens with one attached hydrogen (secondary N) is 1. The van der Waals surface area contributed by atoms with Gasteiger partial charge < -0.3 is 10.1 Å². The molecule has 164 valence electrons. The van der Waals surface area contributed by atoms with Gasteiger partial charge in [-0.2, -0.15) is 0 Å². The summed E-state index contributed by atoms with van der Waals surface area (Å²) in [6.07, 6.45) is 1.05. The molecule has 1 heterocycles. The van der Waals surface area contributed by atoms with Crippen molar-refractivity contribution in [1.82, 2.24) is 4.98 Å². The smallest absolute Gasteiger partial charge is 0.273 e. The van der Waals surface area contributed by atoms with E-state index in [2.05, 4.69) is 10.3 Å². The normalized spacial score (nSPS) is 10.6. The van der Waals surface area contributed by atoms with Gasteiger partial charge >= 0.3 is 0 Å². The molecule has 0 saturated heterocycles. The number of nitro benzene ring substituents is 1. The van der Waals surface area contributed by atoms with Crippen LogP contribution in [0.4, 0.5) is 11.4 Å². The number of aromatic nitrogens is 1. The van der Waals surface area contributed by atoms with Crippen molar-refractivity contribution in [3.63, 3.8) is 0 Å². The Morgan fingerprint density at radius 1 is 0.879 bits per heavy atom. The number of carbonyl (C=O) groups is 1. The van der Waals surface area contributed by atoms with Gasteiger partial charge in [-0.05, 0) is 17.2 Å². The van der Waals surface area contributed by atoms with Crippen LogP contribution < -0.4 is 10.1 Å². The minimum atomic E-state index is -0.494. The monoisotopic (exact) mass is 439 g/mol. The SMILES string of the molecule is O=C(Cc1ccccc1[N+](=O)[O-])Nc1ccc(OC(c2ccccc2)c2ccccc2)nc1. The zero-order chi connectivity index (χ0) is 23.0. The van der Waals surface area contributed by atoms with E-state index in [0.717, 1.165) is 11.1 Å². The van der Waals surface area contributed by atoms with E-state index in [0.29, 0.717) is 17.1 Å². The lowest BCUT2D eigenvalue weighted by Crippen LogP contribution is -2.15. The van der Waals surface area contributed by atoms with Gasteiger partial charge in [-0.25, -0.2) is 4.98 Å². The Bertz CT molecular complexity index is 1190. The third-order valence-electron chi connectivity index (χ3n) is 5.00. The van der Waals surface area contributed by atoms with Crippen LogP contribution in [0.5, 0.6) is 5.88 Å². The molecule has 1 aromatic heterocycles. The first-order chi connectivity index (χ1) is 16.1. The van der Waals surface area contributed by atoms with Crippen molar-refractivity contribution < 1.29 is 14.5 Å². The summed E-state index contributed by atoms with van der Waals surface area (Å²) < 4.78 is 6.19. The van der Waals surface area contributed by atoms with E-state index >= 15 is 0 Å². The molecule has 7 nitrogen and oxygen atoms in total. The van der Waals surface area contributed by atoms with Gasteiger partial charge in [-0.15, -0.1) is 0 Å². The van der Waals surface area contributed by atoms with Crippen LogP contribution >= 0.6 is 0 Å². The number of amides is 1. The second-order valence-corrected chi connectivity index (χ2v) is 7.32. The minimum Gasteiger partial charge on any atom is -0.465 e. The number of rotatable bonds is 8. The van der Waals surface area contributed by atoms with Crippen molar-refractivity contribution in [3.05, 3.63) is 130 Å². The summed E-state index contributed by atoms with van der Waals surface area (Å²) >= 11 is 0. The van der Waals surface area contributed by atoms with Crippen molar-refractivity contribution in [3.8, 4) is 5.88 Å². The highest BCUT2D eigenvalue weighted by Gasteiger charge is 2.17. The van der Waals surface area contributed by atoms with E-state index in [4.69, 9.17) is 4.74 Å². The molecule has 4 rings (SSSR count). The van der Waals surface area contributed by atoms with Gasteiger partial charge in [-0.3, -0.25) is 14.9 Å². The summed E-state index contributed by atoms with van der Waals surface area (Å²) in [6, 6.07) is 29.3. The Hall–Kier alpha value is -4.52.